The molecule has 0 atom stereocenters. The van der Waals surface area contributed by atoms with Gasteiger partial charge < -0.3 is 10.5 Å². The third-order valence-electron chi connectivity index (χ3n) is 3.53. The van der Waals surface area contributed by atoms with Crippen molar-refractivity contribution in [3.8, 4) is 11.5 Å². The number of nitrogens with two attached hydrogens (primary N) is 1. The predicted octanol–water partition coefficient (Wildman–Crippen LogP) is 4.31. The van der Waals surface area contributed by atoms with Gasteiger partial charge in [-0.3, -0.25) is 0 Å². The van der Waals surface area contributed by atoms with Crippen molar-refractivity contribution in [2.45, 2.75) is 11.1 Å². The number of nitrogens with zero attached hydrogens (tertiary/aromatic N) is 2. The van der Waals surface area contributed by atoms with Crippen molar-refractivity contribution in [3.63, 3.8) is 0 Å². The molecular formula is C16H10ClF4N3O3S. The predicted molar refractivity (Wildman–Crippen MR) is 92.2 cm³/mol. The van der Waals surface area contributed by atoms with Gasteiger partial charge in [-0.1, -0.05) is 11.6 Å². The Balaban J connectivity index is 2.02. The lowest BCUT2D eigenvalue weighted by molar-refractivity contribution is -0.137. The molecule has 0 fully saturated rings. The number of halogens is 5. The Morgan fingerprint density at radius 2 is 1.89 bits per heavy atom. The fourth-order valence-corrected chi connectivity index (χ4v) is 3.73. The van der Waals surface area contributed by atoms with Crippen molar-refractivity contribution >= 4 is 27.3 Å². The second-order valence-electron chi connectivity index (χ2n) is 5.45. The van der Waals surface area contributed by atoms with Crippen molar-refractivity contribution in [2.24, 2.45) is 0 Å². The molecule has 6 nitrogen and oxygen atoms in total. The van der Waals surface area contributed by atoms with Gasteiger partial charge in [0.15, 0.2) is 11.6 Å². The molecule has 12 heteroatoms. The SMILES string of the molecule is Nc1ccc(Oc2c(F)cc(C(F)(F)F)cc2Cl)cc1S(=O)(=O)n1cccn1. The van der Waals surface area contributed by atoms with E-state index in [1.807, 2.05) is 0 Å². The van der Waals surface area contributed by atoms with E-state index >= 15 is 0 Å². The van der Waals surface area contributed by atoms with E-state index in [9.17, 15) is 26.0 Å². The van der Waals surface area contributed by atoms with E-state index < -0.39 is 43.2 Å². The van der Waals surface area contributed by atoms with Crippen LogP contribution in [0.5, 0.6) is 11.5 Å². The largest absolute Gasteiger partial charge is 0.453 e. The summed E-state index contributed by atoms with van der Waals surface area (Å²) < 4.78 is 83.2. The molecule has 148 valence electrons. The molecule has 3 aromatic rings. The van der Waals surface area contributed by atoms with Gasteiger partial charge in [-0.15, -0.1) is 0 Å². The lowest BCUT2D eigenvalue weighted by Gasteiger charge is -2.14. The molecule has 28 heavy (non-hydrogen) atoms. The first kappa shape index (κ1) is 20.0. The Bertz CT molecular complexity index is 1110. The summed E-state index contributed by atoms with van der Waals surface area (Å²) in [5.41, 5.74) is 4.27. The Morgan fingerprint density at radius 3 is 2.46 bits per heavy atom. The number of nitrogen functional groups attached to an aromatic ring is 1. The summed E-state index contributed by atoms with van der Waals surface area (Å²) >= 11 is 5.71. The summed E-state index contributed by atoms with van der Waals surface area (Å²) in [7, 11) is -4.16. The summed E-state index contributed by atoms with van der Waals surface area (Å²) in [6.07, 6.45) is -2.38. The molecule has 2 N–H and O–H groups in total. The van der Waals surface area contributed by atoms with Crippen LogP contribution in [0.4, 0.5) is 23.2 Å². The smallest absolute Gasteiger partial charge is 0.416 e. The Labute approximate surface area is 161 Å². The van der Waals surface area contributed by atoms with Gasteiger partial charge >= 0.3 is 6.18 Å². The molecule has 1 heterocycles. The topological polar surface area (TPSA) is 87.2 Å². The highest BCUT2D eigenvalue weighted by Crippen LogP contribution is 2.39. The number of benzene rings is 2. The zero-order valence-electron chi connectivity index (χ0n) is 13.6. The van der Waals surface area contributed by atoms with E-state index in [2.05, 4.69) is 5.10 Å². The quantitative estimate of drug-likeness (QED) is 0.487. The van der Waals surface area contributed by atoms with Crippen LogP contribution in [0.1, 0.15) is 5.56 Å². The molecule has 2 aromatic carbocycles. The highest BCUT2D eigenvalue weighted by molar-refractivity contribution is 7.90. The van der Waals surface area contributed by atoms with Gasteiger partial charge in [0.05, 0.1) is 22.5 Å². The normalized spacial score (nSPS) is 12.2. The lowest BCUT2D eigenvalue weighted by atomic mass is 10.2. The fraction of sp³-hybridized carbons (Fsp3) is 0.0625. The van der Waals surface area contributed by atoms with Gasteiger partial charge in [-0.25, -0.2) is 4.39 Å². The maximum atomic E-state index is 14.1. The molecule has 0 aliphatic heterocycles. The number of rotatable bonds is 4. The van der Waals surface area contributed by atoms with E-state index in [1.54, 1.807) is 0 Å². The molecule has 0 amide bonds. The number of anilines is 1. The average Bonchev–Trinajstić information content (AvgIpc) is 3.13. The molecule has 0 aliphatic carbocycles. The monoisotopic (exact) mass is 435 g/mol. The molecule has 0 radical (unpaired) electrons. The first-order chi connectivity index (χ1) is 13.0. The van der Waals surface area contributed by atoms with Crippen LogP contribution in [-0.2, 0) is 16.2 Å². The Hall–Kier alpha value is -2.79. The molecule has 0 saturated carbocycles. The summed E-state index contributed by atoms with van der Waals surface area (Å²) in [6, 6.07) is 5.48. The standard InChI is InChI=1S/C16H10ClF4N3O3S/c17-11-6-9(16(19,20)21)7-12(18)15(11)27-10-2-3-13(22)14(8-10)28(25,26)24-5-1-4-23-24/h1-8H,22H2. The zero-order chi connectivity index (χ0) is 20.7. The summed E-state index contributed by atoms with van der Waals surface area (Å²) in [4.78, 5) is -0.392. The highest BCUT2D eigenvalue weighted by Gasteiger charge is 2.33. The first-order valence-corrected chi connectivity index (χ1v) is 9.21. The molecule has 0 spiro atoms. The lowest BCUT2D eigenvalue weighted by Crippen LogP contribution is -2.15. The number of hydrogen-bond donors (Lipinski definition) is 1. The number of aromatic nitrogens is 2. The maximum absolute atomic E-state index is 14.1. The minimum Gasteiger partial charge on any atom is -0.453 e. The van der Waals surface area contributed by atoms with Gasteiger partial charge in [-0.2, -0.15) is 30.8 Å². The number of alkyl halides is 3. The van der Waals surface area contributed by atoms with Crippen LogP contribution in [-0.4, -0.2) is 17.6 Å². The van der Waals surface area contributed by atoms with Crippen LogP contribution in [0.2, 0.25) is 5.02 Å². The molecule has 0 saturated heterocycles. The van der Waals surface area contributed by atoms with E-state index in [-0.39, 0.29) is 17.5 Å². The summed E-state index contributed by atoms with van der Waals surface area (Å²) in [6.45, 7) is 0. The average molecular weight is 436 g/mol. The molecule has 0 unspecified atom stereocenters. The van der Waals surface area contributed by atoms with E-state index in [4.69, 9.17) is 22.1 Å². The van der Waals surface area contributed by atoms with Gasteiger partial charge in [-0.05, 0) is 30.3 Å². The van der Waals surface area contributed by atoms with Crippen molar-refractivity contribution in [2.75, 3.05) is 5.73 Å². The summed E-state index contributed by atoms with van der Waals surface area (Å²) in [5.74, 6) is -2.27. The second kappa shape index (κ2) is 6.99. The van der Waals surface area contributed by atoms with Gasteiger partial charge in [0.25, 0.3) is 10.0 Å². The molecule has 0 bridgehead atoms. The Kier molecular flexibility index (Phi) is 4.98. The maximum Gasteiger partial charge on any atom is 0.416 e. The second-order valence-corrected chi connectivity index (χ2v) is 7.62. The highest BCUT2D eigenvalue weighted by atomic mass is 35.5. The number of ether oxygens (including phenoxy) is 1. The first-order valence-electron chi connectivity index (χ1n) is 7.39. The van der Waals surface area contributed by atoms with Crippen LogP contribution in [0.15, 0.2) is 53.7 Å². The van der Waals surface area contributed by atoms with Gasteiger partial charge in [0, 0.05) is 12.3 Å². The minimum atomic E-state index is -4.80. The number of hydrogen-bond acceptors (Lipinski definition) is 5. The van der Waals surface area contributed by atoms with Crippen LogP contribution in [0.3, 0.4) is 0 Å². The van der Waals surface area contributed by atoms with E-state index in [0.717, 1.165) is 6.07 Å². The van der Waals surface area contributed by atoms with Crippen LogP contribution >= 0.6 is 11.6 Å². The van der Waals surface area contributed by atoms with Crippen molar-refractivity contribution in [1.82, 2.24) is 9.19 Å². The molecule has 0 aliphatic rings. The van der Waals surface area contributed by atoms with Gasteiger partial charge in [0.1, 0.15) is 10.6 Å². The molecule has 3 rings (SSSR count). The minimum absolute atomic E-state index is 0.137. The van der Waals surface area contributed by atoms with Crippen molar-refractivity contribution in [1.29, 1.82) is 0 Å². The zero-order valence-corrected chi connectivity index (χ0v) is 15.2. The fourth-order valence-electron chi connectivity index (χ4n) is 2.24. The van der Waals surface area contributed by atoms with Crippen molar-refractivity contribution in [3.05, 3.63) is 65.2 Å². The van der Waals surface area contributed by atoms with E-state index in [1.165, 1.54) is 30.6 Å². The van der Waals surface area contributed by atoms with Crippen LogP contribution in [0, 0.1) is 5.82 Å². The van der Waals surface area contributed by atoms with Crippen molar-refractivity contribution < 1.29 is 30.7 Å². The van der Waals surface area contributed by atoms with Crippen LogP contribution in [0.25, 0.3) is 0 Å². The third kappa shape index (κ3) is 3.76. The molecule has 1 aromatic heterocycles. The molecular weight excluding hydrogens is 426 g/mol. The van der Waals surface area contributed by atoms with Gasteiger partial charge in [0.2, 0.25) is 0 Å². The third-order valence-corrected chi connectivity index (χ3v) is 5.43. The Morgan fingerprint density at radius 1 is 1.18 bits per heavy atom. The van der Waals surface area contributed by atoms with E-state index in [0.29, 0.717) is 10.2 Å². The van der Waals surface area contributed by atoms with Crippen LogP contribution < -0.4 is 10.5 Å². The summed E-state index contributed by atoms with van der Waals surface area (Å²) in [5, 5.41) is 2.99.